The maximum atomic E-state index is 12.8. The van der Waals surface area contributed by atoms with Crippen molar-refractivity contribution in [2.75, 3.05) is 20.8 Å². The first-order chi connectivity index (χ1) is 13.1. The zero-order valence-corrected chi connectivity index (χ0v) is 15.8. The van der Waals surface area contributed by atoms with Crippen LogP contribution in [0.4, 0.5) is 0 Å². The Balaban J connectivity index is 1.72. The predicted octanol–water partition coefficient (Wildman–Crippen LogP) is 2.42. The van der Waals surface area contributed by atoms with Gasteiger partial charge in [0.2, 0.25) is 5.91 Å². The number of hydrogen-bond donors (Lipinski definition) is 1. The topological polar surface area (TPSA) is 82.5 Å². The fraction of sp³-hybridized carbons (Fsp3) is 0.450. The molecule has 1 aromatic carbocycles. The minimum Gasteiger partial charge on any atom is -0.493 e. The molecule has 0 spiro atoms. The summed E-state index contributed by atoms with van der Waals surface area (Å²) < 4.78 is 11.8. The molecule has 1 aliphatic carbocycles. The highest BCUT2D eigenvalue weighted by atomic mass is 16.5. The van der Waals surface area contributed by atoms with Crippen LogP contribution in [0.15, 0.2) is 34.8 Å². The van der Waals surface area contributed by atoms with Crippen molar-refractivity contribution in [2.45, 2.75) is 38.6 Å². The molecular formula is C20H25N3O4. The number of nitrogens with one attached hydrogen (secondary N) is 1. The third kappa shape index (κ3) is 4.30. The zero-order valence-electron chi connectivity index (χ0n) is 15.8. The van der Waals surface area contributed by atoms with E-state index in [1.54, 1.807) is 18.3 Å². The minimum atomic E-state index is -0.381. The van der Waals surface area contributed by atoms with Crippen molar-refractivity contribution < 1.29 is 14.3 Å². The van der Waals surface area contributed by atoms with Gasteiger partial charge in [0.05, 0.1) is 25.8 Å². The second kappa shape index (κ2) is 8.70. The zero-order chi connectivity index (χ0) is 19.2. The first kappa shape index (κ1) is 18.9. The Morgan fingerprint density at radius 2 is 2.11 bits per heavy atom. The standard InChI is InChI=1S/C20H25N3O4/c1-26-16-9-8-15-12-22-23(20(25)18(15)19(16)27-2)13-17(24)21-11-10-14-6-4-3-5-7-14/h6,8-9,12H,3-5,7,10-11,13H2,1-2H3,(H,21,24). The molecular weight excluding hydrogens is 346 g/mol. The van der Waals surface area contributed by atoms with E-state index in [-0.39, 0.29) is 18.0 Å². The van der Waals surface area contributed by atoms with E-state index in [4.69, 9.17) is 9.47 Å². The lowest BCUT2D eigenvalue weighted by Gasteiger charge is -2.13. The van der Waals surface area contributed by atoms with Gasteiger partial charge in [-0.05, 0) is 44.2 Å². The van der Waals surface area contributed by atoms with Crippen molar-refractivity contribution >= 4 is 16.7 Å². The van der Waals surface area contributed by atoms with Crippen LogP contribution in [0.25, 0.3) is 10.8 Å². The second-order valence-electron chi connectivity index (χ2n) is 6.58. The van der Waals surface area contributed by atoms with E-state index in [9.17, 15) is 9.59 Å². The van der Waals surface area contributed by atoms with Gasteiger partial charge in [0.25, 0.3) is 5.56 Å². The molecule has 2 aromatic rings. The van der Waals surface area contributed by atoms with Gasteiger partial charge < -0.3 is 14.8 Å². The number of allylic oxidation sites excluding steroid dienone is 1. The quantitative estimate of drug-likeness (QED) is 0.756. The first-order valence-corrected chi connectivity index (χ1v) is 9.19. The van der Waals surface area contributed by atoms with E-state index in [1.165, 1.54) is 32.6 Å². The summed E-state index contributed by atoms with van der Waals surface area (Å²) in [5, 5.41) is 7.97. The summed E-state index contributed by atoms with van der Waals surface area (Å²) in [5.41, 5.74) is 1.02. The molecule has 0 bridgehead atoms. The van der Waals surface area contributed by atoms with Crippen LogP contribution < -0.4 is 20.3 Å². The monoisotopic (exact) mass is 371 g/mol. The van der Waals surface area contributed by atoms with Gasteiger partial charge in [-0.3, -0.25) is 9.59 Å². The molecule has 0 aliphatic heterocycles. The molecule has 0 radical (unpaired) electrons. The van der Waals surface area contributed by atoms with Crippen LogP contribution in [-0.4, -0.2) is 36.5 Å². The molecule has 0 fully saturated rings. The molecule has 0 atom stereocenters. The number of rotatable bonds is 7. The summed E-state index contributed by atoms with van der Waals surface area (Å²) >= 11 is 0. The van der Waals surface area contributed by atoms with Crippen molar-refractivity contribution in [1.82, 2.24) is 15.1 Å². The van der Waals surface area contributed by atoms with Crippen LogP contribution in [0, 0.1) is 0 Å². The smallest absolute Gasteiger partial charge is 0.279 e. The molecule has 144 valence electrons. The maximum Gasteiger partial charge on any atom is 0.279 e. The van der Waals surface area contributed by atoms with Crippen molar-refractivity contribution in [1.29, 1.82) is 0 Å². The number of ether oxygens (including phenoxy) is 2. The van der Waals surface area contributed by atoms with Crippen LogP contribution in [-0.2, 0) is 11.3 Å². The number of fused-ring (bicyclic) bond motifs is 1. The molecule has 1 aliphatic rings. The lowest BCUT2D eigenvalue weighted by atomic mass is 9.97. The van der Waals surface area contributed by atoms with Crippen LogP contribution in [0.3, 0.4) is 0 Å². The molecule has 3 rings (SSSR count). The van der Waals surface area contributed by atoms with Crippen molar-refractivity contribution in [3.63, 3.8) is 0 Å². The Kier molecular flexibility index (Phi) is 6.11. The molecule has 1 heterocycles. The summed E-state index contributed by atoms with van der Waals surface area (Å²) in [6.07, 6.45) is 9.40. The van der Waals surface area contributed by atoms with Crippen LogP contribution in [0.5, 0.6) is 11.5 Å². The number of methoxy groups -OCH3 is 2. The molecule has 7 heteroatoms. The highest BCUT2D eigenvalue weighted by Gasteiger charge is 2.16. The summed E-state index contributed by atoms with van der Waals surface area (Å²) in [6.45, 7) is 0.443. The predicted molar refractivity (Wildman–Crippen MR) is 103 cm³/mol. The van der Waals surface area contributed by atoms with Crippen LogP contribution in [0.2, 0.25) is 0 Å². The van der Waals surface area contributed by atoms with E-state index in [0.717, 1.165) is 23.9 Å². The Morgan fingerprint density at radius 1 is 1.26 bits per heavy atom. The molecule has 0 saturated heterocycles. The number of amides is 1. The average Bonchev–Trinajstić information content (AvgIpc) is 2.70. The summed E-state index contributed by atoms with van der Waals surface area (Å²) in [6, 6.07) is 3.46. The SMILES string of the molecule is COc1ccc2cnn(CC(=O)NCCC3=CCCCC3)c(=O)c2c1OC. The first-order valence-electron chi connectivity index (χ1n) is 9.19. The van der Waals surface area contributed by atoms with Crippen LogP contribution in [0.1, 0.15) is 32.1 Å². The normalized spacial score (nSPS) is 13.9. The highest BCUT2D eigenvalue weighted by molar-refractivity contribution is 5.89. The number of carbonyl (C=O) groups is 1. The lowest BCUT2D eigenvalue weighted by Crippen LogP contribution is -2.34. The Morgan fingerprint density at radius 3 is 2.81 bits per heavy atom. The molecule has 1 amide bonds. The van der Waals surface area contributed by atoms with Crippen LogP contribution >= 0.6 is 0 Å². The van der Waals surface area contributed by atoms with Gasteiger partial charge in [-0.2, -0.15) is 5.10 Å². The number of aromatic nitrogens is 2. The summed E-state index contributed by atoms with van der Waals surface area (Å²) in [4.78, 5) is 25.0. The second-order valence-corrected chi connectivity index (χ2v) is 6.58. The van der Waals surface area contributed by atoms with Crippen molar-refractivity contribution in [3.05, 3.63) is 40.3 Å². The number of nitrogens with zero attached hydrogens (tertiary/aromatic N) is 2. The number of benzene rings is 1. The van der Waals surface area contributed by atoms with Gasteiger partial charge in [0, 0.05) is 11.9 Å². The van der Waals surface area contributed by atoms with Gasteiger partial charge in [0.15, 0.2) is 11.5 Å². The lowest BCUT2D eigenvalue weighted by molar-refractivity contribution is -0.121. The van der Waals surface area contributed by atoms with E-state index >= 15 is 0 Å². The van der Waals surface area contributed by atoms with E-state index in [0.29, 0.717) is 28.8 Å². The molecule has 1 N–H and O–H groups in total. The highest BCUT2D eigenvalue weighted by Crippen LogP contribution is 2.32. The third-order valence-corrected chi connectivity index (χ3v) is 4.81. The van der Waals surface area contributed by atoms with Gasteiger partial charge in [-0.15, -0.1) is 0 Å². The van der Waals surface area contributed by atoms with E-state index in [2.05, 4.69) is 16.5 Å². The number of carbonyl (C=O) groups excluding carboxylic acids is 1. The van der Waals surface area contributed by atoms with Crippen molar-refractivity contribution in [3.8, 4) is 11.5 Å². The minimum absolute atomic E-state index is 0.131. The largest absolute Gasteiger partial charge is 0.493 e. The fourth-order valence-electron chi connectivity index (χ4n) is 3.38. The molecule has 0 unspecified atom stereocenters. The molecule has 0 saturated carbocycles. The molecule has 7 nitrogen and oxygen atoms in total. The van der Waals surface area contributed by atoms with Crippen molar-refractivity contribution in [2.24, 2.45) is 0 Å². The molecule has 27 heavy (non-hydrogen) atoms. The van der Waals surface area contributed by atoms with Gasteiger partial charge in [0.1, 0.15) is 6.54 Å². The summed E-state index contributed by atoms with van der Waals surface area (Å²) in [5.74, 6) is 0.577. The summed E-state index contributed by atoms with van der Waals surface area (Å²) in [7, 11) is 2.99. The average molecular weight is 371 g/mol. The molecule has 1 aromatic heterocycles. The van der Waals surface area contributed by atoms with Gasteiger partial charge in [-0.1, -0.05) is 11.6 Å². The Bertz CT molecular complexity index is 917. The van der Waals surface area contributed by atoms with Gasteiger partial charge in [-0.25, -0.2) is 4.68 Å². The third-order valence-electron chi connectivity index (χ3n) is 4.81. The van der Waals surface area contributed by atoms with E-state index < -0.39 is 0 Å². The van der Waals surface area contributed by atoms with E-state index in [1.807, 2.05) is 0 Å². The number of hydrogen-bond acceptors (Lipinski definition) is 5. The maximum absolute atomic E-state index is 12.8. The van der Waals surface area contributed by atoms with Gasteiger partial charge >= 0.3 is 0 Å². The fourth-order valence-corrected chi connectivity index (χ4v) is 3.38. The Labute approximate surface area is 158 Å². The Hall–Kier alpha value is -2.83.